The van der Waals surface area contributed by atoms with E-state index in [1.807, 2.05) is 37.3 Å². The molecule has 0 bridgehead atoms. The van der Waals surface area contributed by atoms with Crippen molar-refractivity contribution in [3.8, 4) is 28.5 Å². The topological polar surface area (TPSA) is 73.1 Å². The number of hydrogen-bond donors (Lipinski definition) is 2. The molecule has 2 aromatic heterocycles. The van der Waals surface area contributed by atoms with Crippen LogP contribution in [0.15, 0.2) is 73.1 Å². The minimum absolute atomic E-state index is 0.656. The van der Waals surface area contributed by atoms with Crippen molar-refractivity contribution in [2.75, 3.05) is 31.6 Å². The summed E-state index contributed by atoms with van der Waals surface area (Å²) in [7, 11) is 2.09. The molecule has 0 radical (unpaired) electrons. The summed E-state index contributed by atoms with van der Waals surface area (Å²) in [5.74, 6) is 2.55. The van der Waals surface area contributed by atoms with Crippen molar-refractivity contribution in [3.05, 3.63) is 73.1 Å². The van der Waals surface area contributed by atoms with Gasteiger partial charge in [-0.15, -0.1) is 0 Å². The lowest BCUT2D eigenvalue weighted by Crippen LogP contribution is -2.32. The first-order valence-electron chi connectivity index (χ1n) is 11.5. The Hall–Kier alpha value is -4.26. The van der Waals surface area contributed by atoms with Gasteiger partial charge in [0.25, 0.3) is 0 Å². The molecule has 34 heavy (non-hydrogen) atoms. The molecule has 0 saturated carbocycles. The van der Waals surface area contributed by atoms with E-state index in [9.17, 15) is 0 Å². The zero-order valence-corrected chi connectivity index (χ0v) is 19.2. The summed E-state index contributed by atoms with van der Waals surface area (Å²) in [6, 6.07) is 20.6. The second-order valence-electron chi connectivity index (χ2n) is 8.53. The van der Waals surface area contributed by atoms with E-state index in [2.05, 4.69) is 69.5 Å². The van der Waals surface area contributed by atoms with Gasteiger partial charge in [0.2, 0.25) is 0 Å². The molecule has 1 aliphatic heterocycles. The van der Waals surface area contributed by atoms with Crippen LogP contribution in [0.25, 0.3) is 44.8 Å². The summed E-state index contributed by atoms with van der Waals surface area (Å²) in [6.45, 7) is 4.61. The summed E-state index contributed by atoms with van der Waals surface area (Å²) in [4.78, 5) is 21.0. The van der Waals surface area contributed by atoms with Crippen molar-refractivity contribution < 1.29 is 4.74 Å². The van der Waals surface area contributed by atoms with Gasteiger partial charge < -0.3 is 24.5 Å². The lowest BCUT2D eigenvalue weighted by atomic mass is 10.2. The number of nitrogens with one attached hydrogen (secondary N) is 2. The Labute approximate surface area is 197 Å². The van der Waals surface area contributed by atoms with E-state index in [0.717, 1.165) is 69.4 Å². The van der Waals surface area contributed by atoms with E-state index in [0.29, 0.717) is 6.61 Å². The molecule has 0 amide bonds. The minimum Gasteiger partial charge on any atom is -0.494 e. The number of rotatable bonds is 5. The molecule has 5 aromatic rings. The smallest absolute Gasteiger partial charge is 0.138 e. The first-order valence-corrected chi connectivity index (χ1v) is 11.5. The molecule has 3 heterocycles. The highest BCUT2D eigenvalue weighted by Gasteiger charge is 2.13. The van der Waals surface area contributed by atoms with Crippen LogP contribution in [0.2, 0.25) is 0 Å². The SMILES string of the molecule is CCOc1ccc(-c2nc3ccc(-c4nc5ccc(N6C=CN(C)CC6)cc5[nH]4)cc3[nH]2)cc1. The van der Waals surface area contributed by atoms with Crippen molar-refractivity contribution in [3.63, 3.8) is 0 Å². The number of benzene rings is 3. The van der Waals surface area contributed by atoms with Crippen LogP contribution < -0.4 is 9.64 Å². The maximum Gasteiger partial charge on any atom is 0.138 e. The molecule has 170 valence electrons. The summed E-state index contributed by atoms with van der Waals surface area (Å²) >= 11 is 0. The molecule has 0 atom stereocenters. The third-order valence-corrected chi connectivity index (χ3v) is 6.19. The van der Waals surface area contributed by atoms with Gasteiger partial charge in [0.1, 0.15) is 17.4 Å². The summed E-state index contributed by atoms with van der Waals surface area (Å²) in [5.41, 5.74) is 7.09. The highest BCUT2D eigenvalue weighted by Crippen LogP contribution is 2.29. The van der Waals surface area contributed by atoms with Gasteiger partial charge in [-0.25, -0.2) is 9.97 Å². The van der Waals surface area contributed by atoms with Gasteiger partial charge in [0.15, 0.2) is 0 Å². The summed E-state index contributed by atoms with van der Waals surface area (Å²) in [6.07, 6.45) is 4.23. The first kappa shape index (κ1) is 20.4. The highest BCUT2D eigenvalue weighted by molar-refractivity contribution is 5.87. The predicted molar refractivity (Wildman–Crippen MR) is 137 cm³/mol. The minimum atomic E-state index is 0.656. The third kappa shape index (κ3) is 3.75. The number of imidazole rings is 2. The first-order chi connectivity index (χ1) is 16.7. The molecule has 1 aliphatic rings. The quantitative estimate of drug-likeness (QED) is 0.375. The Kier molecular flexibility index (Phi) is 4.95. The molecule has 0 fully saturated rings. The second-order valence-corrected chi connectivity index (χ2v) is 8.53. The lowest BCUT2D eigenvalue weighted by molar-refractivity contribution is 0.340. The summed E-state index contributed by atoms with van der Waals surface area (Å²) < 4.78 is 5.54. The molecule has 7 nitrogen and oxygen atoms in total. The van der Waals surface area contributed by atoms with E-state index in [1.165, 1.54) is 0 Å². The number of nitrogens with zero attached hydrogens (tertiary/aromatic N) is 4. The van der Waals surface area contributed by atoms with Gasteiger partial charge in [-0.2, -0.15) is 0 Å². The van der Waals surface area contributed by atoms with Gasteiger partial charge in [-0.05, 0) is 67.6 Å². The Morgan fingerprint density at radius 2 is 1.47 bits per heavy atom. The number of anilines is 1. The van der Waals surface area contributed by atoms with Crippen molar-refractivity contribution in [1.29, 1.82) is 0 Å². The molecular weight excluding hydrogens is 424 g/mol. The number of likely N-dealkylation sites (N-methyl/N-ethyl adjacent to an activating group) is 1. The average Bonchev–Trinajstić information content (AvgIpc) is 3.48. The average molecular weight is 451 g/mol. The van der Waals surface area contributed by atoms with Crippen molar-refractivity contribution in [2.24, 2.45) is 0 Å². The highest BCUT2D eigenvalue weighted by atomic mass is 16.5. The number of aromatic amines is 2. The number of aromatic nitrogens is 4. The second kappa shape index (κ2) is 8.26. The van der Waals surface area contributed by atoms with Crippen LogP contribution in [0.5, 0.6) is 5.75 Å². The molecule has 0 aliphatic carbocycles. The van der Waals surface area contributed by atoms with Crippen molar-refractivity contribution in [1.82, 2.24) is 24.8 Å². The van der Waals surface area contributed by atoms with E-state index < -0.39 is 0 Å². The van der Waals surface area contributed by atoms with Gasteiger partial charge in [-0.3, -0.25) is 0 Å². The largest absolute Gasteiger partial charge is 0.494 e. The maximum atomic E-state index is 5.54. The Morgan fingerprint density at radius 1 is 0.794 bits per heavy atom. The van der Waals surface area contributed by atoms with Gasteiger partial charge in [-0.1, -0.05) is 0 Å². The number of ether oxygens (including phenoxy) is 1. The molecule has 0 unspecified atom stereocenters. The van der Waals surface area contributed by atoms with E-state index >= 15 is 0 Å². The van der Waals surface area contributed by atoms with Crippen LogP contribution in [-0.4, -0.2) is 51.6 Å². The van der Waals surface area contributed by atoms with E-state index in [1.54, 1.807) is 0 Å². The zero-order valence-electron chi connectivity index (χ0n) is 19.2. The zero-order chi connectivity index (χ0) is 23.1. The number of H-pyrrole nitrogens is 2. The molecule has 3 aromatic carbocycles. The fourth-order valence-electron chi connectivity index (χ4n) is 4.31. The Balaban J connectivity index is 1.30. The number of fused-ring (bicyclic) bond motifs is 2. The lowest BCUT2D eigenvalue weighted by Gasteiger charge is -2.28. The standard InChI is InChI=1S/C27H26N6O/c1-3-34-21-8-4-18(5-9-21)26-28-22-10-6-19(16-24(22)30-26)27-29-23-11-7-20(17-25(23)31-27)33-14-12-32(2)13-15-33/h4-12,14,16-17H,3,13,15H2,1-2H3,(H,28,30)(H,29,31). The maximum absolute atomic E-state index is 5.54. The van der Waals surface area contributed by atoms with Gasteiger partial charge >= 0.3 is 0 Å². The molecule has 2 N–H and O–H groups in total. The Morgan fingerprint density at radius 3 is 2.18 bits per heavy atom. The normalized spacial score (nSPS) is 13.8. The molecule has 6 rings (SSSR count). The van der Waals surface area contributed by atoms with Gasteiger partial charge in [0.05, 0.1) is 28.7 Å². The van der Waals surface area contributed by atoms with Crippen LogP contribution in [-0.2, 0) is 0 Å². The molecule has 0 saturated heterocycles. The van der Waals surface area contributed by atoms with Crippen LogP contribution in [0.1, 0.15) is 6.92 Å². The van der Waals surface area contributed by atoms with Crippen molar-refractivity contribution in [2.45, 2.75) is 6.92 Å². The van der Waals surface area contributed by atoms with E-state index in [-0.39, 0.29) is 0 Å². The monoisotopic (exact) mass is 450 g/mol. The van der Waals surface area contributed by atoms with Crippen LogP contribution in [0.4, 0.5) is 5.69 Å². The molecule has 0 spiro atoms. The predicted octanol–water partition coefficient (Wildman–Crippen LogP) is 5.39. The molecule has 7 heteroatoms. The van der Waals surface area contributed by atoms with Crippen molar-refractivity contribution >= 4 is 27.8 Å². The van der Waals surface area contributed by atoms with E-state index in [4.69, 9.17) is 14.7 Å². The van der Waals surface area contributed by atoms with Gasteiger partial charge in [0, 0.05) is 49.4 Å². The Bertz CT molecular complexity index is 1500. The van der Waals surface area contributed by atoms with Crippen LogP contribution >= 0.6 is 0 Å². The van der Waals surface area contributed by atoms with Crippen LogP contribution in [0, 0.1) is 0 Å². The molecular formula is C27H26N6O. The third-order valence-electron chi connectivity index (χ3n) is 6.19. The fraction of sp³-hybridized carbons (Fsp3) is 0.185. The summed E-state index contributed by atoms with van der Waals surface area (Å²) in [5, 5.41) is 0. The number of hydrogen-bond acceptors (Lipinski definition) is 5. The fourth-order valence-corrected chi connectivity index (χ4v) is 4.31. The van der Waals surface area contributed by atoms with Crippen LogP contribution in [0.3, 0.4) is 0 Å².